The third-order valence-corrected chi connectivity index (χ3v) is 4.41. The Hall–Kier alpha value is -3.74. The van der Waals surface area contributed by atoms with Crippen LogP contribution >= 0.6 is 0 Å². The normalized spacial score (nSPS) is 11.0. The summed E-state index contributed by atoms with van der Waals surface area (Å²) in [6.07, 6.45) is 1.59. The molecule has 0 bridgehead atoms. The molecule has 4 rings (SSSR count). The summed E-state index contributed by atoms with van der Waals surface area (Å²) in [7, 11) is 0. The number of hydrogen-bond acceptors (Lipinski definition) is 4. The van der Waals surface area contributed by atoms with Gasteiger partial charge < -0.3 is 10.3 Å². The molecule has 4 aromatic rings. The molecule has 0 saturated heterocycles. The summed E-state index contributed by atoms with van der Waals surface area (Å²) in [5.41, 5.74) is 1.20. The van der Waals surface area contributed by atoms with E-state index in [9.17, 15) is 14.4 Å². The van der Waals surface area contributed by atoms with E-state index >= 15 is 0 Å². The van der Waals surface area contributed by atoms with Crippen molar-refractivity contribution in [1.29, 1.82) is 0 Å². The molecule has 134 valence electrons. The first-order valence-corrected chi connectivity index (χ1v) is 8.50. The van der Waals surface area contributed by atoms with Crippen LogP contribution in [0.5, 0.6) is 0 Å². The maximum atomic E-state index is 12.6. The van der Waals surface area contributed by atoms with Crippen molar-refractivity contribution < 1.29 is 4.79 Å². The van der Waals surface area contributed by atoms with Crippen molar-refractivity contribution in [3.63, 3.8) is 0 Å². The SMILES string of the molecule is CCn1c(=O)[nH]c2cc(C(=O)Nc3cnc4ccccc4c3)ccc2c1=O. The number of rotatable bonds is 3. The molecule has 2 heterocycles. The van der Waals surface area contributed by atoms with Crippen LogP contribution in [0.2, 0.25) is 0 Å². The van der Waals surface area contributed by atoms with Crippen molar-refractivity contribution in [3.8, 4) is 0 Å². The summed E-state index contributed by atoms with van der Waals surface area (Å²) in [6, 6.07) is 14.1. The molecule has 7 heteroatoms. The van der Waals surface area contributed by atoms with E-state index in [0.717, 1.165) is 15.5 Å². The maximum Gasteiger partial charge on any atom is 0.328 e. The van der Waals surface area contributed by atoms with E-state index in [2.05, 4.69) is 15.3 Å². The molecule has 0 radical (unpaired) electrons. The Kier molecular flexibility index (Phi) is 4.04. The van der Waals surface area contributed by atoms with Crippen LogP contribution in [0, 0.1) is 0 Å². The summed E-state index contributed by atoms with van der Waals surface area (Å²) in [5.74, 6) is -0.352. The molecular formula is C20H16N4O3. The van der Waals surface area contributed by atoms with Crippen molar-refractivity contribution >= 4 is 33.4 Å². The van der Waals surface area contributed by atoms with E-state index < -0.39 is 5.69 Å². The number of amides is 1. The molecule has 2 aromatic heterocycles. The number of hydrogen-bond donors (Lipinski definition) is 2. The van der Waals surface area contributed by atoms with E-state index in [1.165, 1.54) is 6.07 Å². The minimum atomic E-state index is -0.494. The molecule has 0 aliphatic carbocycles. The Bertz CT molecular complexity index is 1300. The second kappa shape index (κ2) is 6.53. The first kappa shape index (κ1) is 16.7. The minimum absolute atomic E-state index is 0.279. The van der Waals surface area contributed by atoms with Crippen molar-refractivity contribution in [2.24, 2.45) is 0 Å². The number of fused-ring (bicyclic) bond motifs is 2. The van der Waals surface area contributed by atoms with Crippen LogP contribution in [0.1, 0.15) is 17.3 Å². The highest BCUT2D eigenvalue weighted by atomic mass is 16.2. The minimum Gasteiger partial charge on any atom is -0.321 e. The molecular weight excluding hydrogens is 344 g/mol. The fourth-order valence-electron chi connectivity index (χ4n) is 3.03. The lowest BCUT2D eigenvalue weighted by Crippen LogP contribution is -2.34. The van der Waals surface area contributed by atoms with Crippen molar-refractivity contribution in [1.82, 2.24) is 14.5 Å². The van der Waals surface area contributed by atoms with Gasteiger partial charge in [0.15, 0.2) is 0 Å². The lowest BCUT2D eigenvalue weighted by Gasteiger charge is -2.08. The van der Waals surface area contributed by atoms with E-state index in [-0.39, 0.29) is 18.0 Å². The maximum absolute atomic E-state index is 12.6. The molecule has 0 unspecified atom stereocenters. The zero-order valence-electron chi connectivity index (χ0n) is 14.5. The zero-order chi connectivity index (χ0) is 19.0. The number of nitrogens with one attached hydrogen (secondary N) is 2. The van der Waals surface area contributed by atoms with Crippen LogP contribution < -0.4 is 16.6 Å². The Morgan fingerprint density at radius 1 is 1.15 bits per heavy atom. The highest BCUT2D eigenvalue weighted by Crippen LogP contribution is 2.17. The molecule has 2 aromatic carbocycles. The lowest BCUT2D eigenvalue weighted by molar-refractivity contribution is 0.102. The number of nitrogens with zero attached hydrogens (tertiary/aromatic N) is 2. The summed E-state index contributed by atoms with van der Waals surface area (Å²) in [4.78, 5) is 43.8. The quantitative estimate of drug-likeness (QED) is 0.587. The number of H-pyrrole nitrogens is 1. The van der Waals surface area contributed by atoms with E-state index in [4.69, 9.17) is 0 Å². The highest BCUT2D eigenvalue weighted by molar-refractivity contribution is 6.06. The van der Waals surface area contributed by atoms with Crippen LogP contribution in [0.4, 0.5) is 5.69 Å². The molecule has 0 atom stereocenters. The van der Waals surface area contributed by atoms with Gasteiger partial charge in [0.25, 0.3) is 11.5 Å². The molecule has 0 spiro atoms. The molecule has 0 saturated carbocycles. The van der Waals surface area contributed by atoms with Crippen LogP contribution in [0.25, 0.3) is 21.8 Å². The number of para-hydroxylation sites is 1. The van der Waals surface area contributed by atoms with Crippen LogP contribution in [0.3, 0.4) is 0 Å². The van der Waals surface area contributed by atoms with Crippen LogP contribution in [-0.4, -0.2) is 20.4 Å². The van der Waals surface area contributed by atoms with Crippen LogP contribution in [-0.2, 0) is 6.54 Å². The predicted molar refractivity (Wildman–Crippen MR) is 104 cm³/mol. The third-order valence-electron chi connectivity index (χ3n) is 4.41. The van der Waals surface area contributed by atoms with Gasteiger partial charge in [-0.1, -0.05) is 18.2 Å². The number of carbonyl (C=O) groups excluding carboxylic acids is 1. The predicted octanol–water partition coefficient (Wildman–Crippen LogP) is 2.51. The summed E-state index contributed by atoms with van der Waals surface area (Å²) in [6.45, 7) is 2.00. The fraction of sp³-hybridized carbons (Fsp3) is 0.100. The molecule has 0 aliphatic rings. The molecule has 7 nitrogen and oxygen atoms in total. The van der Waals surface area contributed by atoms with Crippen molar-refractivity contribution in [2.75, 3.05) is 5.32 Å². The first-order chi connectivity index (χ1) is 13.1. The van der Waals surface area contributed by atoms with Crippen molar-refractivity contribution in [2.45, 2.75) is 13.5 Å². The van der Waals surface area contributed by atoms with Gasteiger partial charge >= 0.3 is 5.69 Å². The third kappa shape index (κ3) is 2.99. The Morgan fingerprint density at radius 3 is 2.78 bits per heavy atom. The van der Waals surface area contributed by atoms with Gasteiger partial charge in [-0.05, 0) is 37.3 Å². The molecule has 27 heavy (non-hydrogen) atoms. The lowest BCUT2D eigenvalue weighted by atomic mass is 10.1. The molecule has 2 N–H and O–H groups in total. The Morgan fingerprint density at radius 2 is 1.96 bits per heavy atom. The van der Waals surface area contributed by atoms with Gasteiger partial charge in [0, 0.05) is 17.5 Å². The number of aromatic nitrogens is 3. The summed E-state index contributed by atoms with van der Waals surface area (Å²) >= 11 is 0. The topological polar surface area (TPSA) is 96.8 Å². The van der Waals surface area contributed by atoms with E-state index in [1.807, 2.05) is 30.3 Å². The first-order valence-electron chi connectivity index (χ1n) is 8.50. The van der Waals surface area contributed by atoms with Gasteiger partial charge in [0.05, 0.1) is 28.3 Å². The van der Waals surface area contributed by atoms with Gasteiger partial charge in [-0.15, -0.1) is 0 Å². The molecule has 0 aliphatic heterocycles. The highest BCUT2D eigenvalue weighted by Gasteiger charge is 2.11. The second-order valence-corrected chi connectivity index (χ2v) is 6.11. The number of pyridine rings is 1. The standard InChI is InChI=1S/C20H16N4O3/c1-2-24-19(26)15-8-7-13(10-17(15)23-20(24)27)18(25)22-14-9-12-5-3-4-6-16(12)21-11-14/h3-11H,2H2,1H3,(H,22,25)(H,23,27). The number of carbonyl (C=O) groups is 1. The van der Waals surface area contributed by atoms with Gasteiger partial charge in [-0.2, -0.15) is 0 Å². The van der Waals surface area contributed by atoms with Gasteiger partial charge in [-0.3, -0.25) is 19.1 Å². The summed E-state index contributed by atoms with van der Waals surface area (Å²) < 4.78 is 1.11. The Balaban J connectivity index is 1.69. The largest absolute Gasteiger partial charge is 0.328 e. The average Bonchev–Trinajstić information content (AvgIpc) is 2.67. The summed E-state index contributed by atoms with van der Waals surface area (Å²) in [5, 5.41) is 4.07. The second-order valence-electron chi connectivity index (χ2n) is 6.11. The van der Waals surface area contributed by atoms with E-state index in [0.29, 0.717) is 22.2 Å². The number of aromatic amines is 1. The Labute approximate surface area is 153 Å². The monoisotopic (exact) mass is 360 g/mol. The van der Waals surface area contributed by atoms with Crippen LogP contribution in [0.15, 0.2) is 64.3 Å². The number of anilines is 1. The molecule has 0 fully saturated rings. The fourth-order valence-corrected chi connectivity index (χ4v) is 3.03. The number of benzene rings is 2. The smallest absolute Gasteiger partial charge is 0.321 e. The van der Waals surface area contributed by atoms with Gasteiger partial charge in [-0.25, -0.2) is 4.79 Å². The van der Waals surface area contributed by atoms with Gasteiger partial charge in [0.2, 0.25) is 0 Å². The zero-order valence-corrected chi connectivity index (χ0v) is 14.5. The average molecular weight is 360 g/mol. The van der Waals surface area contributed by atoms with Crippen molar-refractivity contribution in [3.05, 3.63) is 81.1 Å². The molecule has 1 amide bonds. The van der Waals surface area contributed by atoms with E-state index in [1.54, 1.807) is 25.3 Å². The van der Waals surface area contributed by atoms with Gasteiger partial charge in [0.1, 0.15) is 0 Å².